The minimum atomic E-state index is -0.230. The summed E-state index contributed by atoms with van der Waals surface area (Å²) in [6.45, 7) is 5.41. The monoisotopic (exact) mass is 336 g/mol. The minimum Gasteiger partial charge on any atom is -0.383 e. The molecule has 0 amide bonds. The van der Waals surface area contributed by atoms with Crippen molar-refractivity contribution in [3.63, 3.8) is 0 Å². The molecule has 23 heavy (non-hydrogen) atoms. The summed E-state index contributed by atoms with van der Waals surface area (Å²) in [5, 5.41) is 11.2. The molecule has 7 heteroatoms. The second-order valence-corrected chi connectivity index (χ2v) is 5.58. The second kappa shape index (κ2) is 8.03. The molecule has 1 aromatic heterocycles. The lowest BCUT2D eigenvalue weighted by Gasteiger charge is -2.11. The van der Waals surface area contributed by atoms with E-state index < -0.39 is 0 Å². The summed E-state index contributed by atoms with van der Waals surface area (Å²) in [5.74, 6) is -0.230. The Bertz CT molecular complexity index is 687. The van der Waals surface area contributed by atoms with E-state index in [1.54, 1.807) is 23.9 Å². The van der Waals surface area contributed by atoms with Gasteiger partial charge in [-0.2, -0.15) is 5.10 Å². The fourth-order valence-electron chi connectivity index (χ4n) is 2.24. The molecule has 0 aliphatic heterocycles. The summed E-state index contributed by atoms with van der Waals surface area (Å²) in [6.07, 6.45) is 0. The predicted octanol–water partition coefficient (Wildman–Crippen LogP) is 2.62. The average Bonchev–Trinajstić information content (AvgIpc) is 2.77. The molecule has 2 N–H and O–H groups in total. The van der Waals surface area contributed by atoms with Crippen LogP contribution in [0.1, 0.15) is 17.0 Å². The van der Waals surface area contributed by atoms with Crippen molar-refractivity contribution in [1.29, 1.82) is 0 Å². The Morgan fingerprint density at radius 2 is 2.09 bits per heavy atom. The Kier molecular flexibility index (Phi) is 6.06. The molecule has 1 heterocycles. The molecule has 0 unspecified atom stereocenters. The van der Waals surface area contributed by atoms with E-state index in [-0.39, 0.29) is 5.82 Å². The summed E-state index contributed by atoms with van der Waals surface area (Å²) in [7, 11) is 1.64. The molecular formula is C16H21FN4OS. The number of anilines is 1. The standard InChI is InChI=1S/C16H21FN4OS/c1-11-15(19-16(23)18-8-9-22-3)12(2)21(20-11)10-13-6-4-5-7-14(13)17/h4-7H,8-10H2,1-3H3,(H2,18,19,23). The van der Waals surface area contributed by atoms with E-state index in [9.17, 15) is 4.39 Å². The van der Waals surface area contributed by atoms with E-state index in [1.165, 1.54) is 6.07 Å². The van der Waals surface area contributed by atoms with Crippen molar-refractivity contribution in [3.8, 4) is 0 Å². The number of hydrogen-bond acceptors (Lipinski definition) is 3. The molecular weight excluding hydrogens is 315 g/mol. The minimum absolute atomic E-state index is 0.230. The molecule has 0 spiro atoms. The van der Waals surface area contributed by atoms with Gasteiger partial charge in [0.15, 0.2) is 5.11 Å². The Balaban J connectivity index is 2.10. The Morgan fingerprint density at radius 1 is 1.35 bits per heavy atom. The van der Waals surface area contributed by atoms with Crippen molar-refractivity contribution >= 4 is 23.0 Å². The zero-order chi connectivity index (χ0) is 16.8. The fourth-order valence-corrected chi connectivity index (χ4v) is 2.45. The maximum Gasteiger partial charge on any atom is 0.170 e. The highest BCUT2D eigenvalue weighted by Crippen LogP contribution is 2.21. The van der Waals surface area contributed by atoms with Crippen LogP contribution in [0.2, 0.25) is 0 Å². The van der Waals surface area contributed by atoms with Crippen LogP contribution in [0.15, 0.2) is 24.3 Å². The van der Waals surface area contributed by atoms with Gasteiger partial charge in [-0.25, -0.2) is 4.39 Å². The molecule has 0 saturated heterocycles. The Labute approximate surface area is 140 Å². The van der Waals surface area contributed by atoms with Crippen molar-refractivity contribution in [2.45, 2.75) is 20.4 Å². The molecule has 2 rings (SSSR count). The summed E-state index contributed by atoms with van der Waals surface area (Å²) in [4.78, 5) is 0. The number of rotatable bonds is 6. The quantitative estimate of drug-likeness (QED) is 0.627. The lowest BCUT2D eigenvalue weighted by Crippen LogP contribution is -2.31. The van der Waals surface area contributed by atoms with E-state index in [1.807, 2.05) is 19.9 Å². The third-order valence-corrected chi connectivity index (χ3v) is 3.74. The molecule has 0 aliphatic rings. The van der Waals surface area contributed by atoms with Gasteiger partial charge in [-0.1, -0.05) is 18.2 Å². The van der Waals surface area contributed by atoms with Crippen molar-refractivity contribution in [1.82, 2.24) is 15.1 Å². The van der Waals surface area contributed by atoms with Crippen molar-refractivity contribution in [2.75, 3.05) is 25.6 Å². The van der Waals surface area contributed by atoms with Gasteiger partial charge in [-0.3, -0.25) is 4.68 Å². The van der Waals surface area contributed by atoms with Crippen LogP contribution < -0.4 is 10.6 Å². The van der Waals surface area contributed by atoms with Crippen LogP contribution in [0.5, 0.6) is 0 Å². The summed E-state index contributed by atoms with van der Waals surface area (Å²) in [6, 6.07) is 6.71. The molecule has 2 aromatic rings. The summed E-state index contributed by atoms with van der Waals surface area (Å²) < 4.78 is 20.5. The molecule has 0 fully saturated rings. The highest BCUT2D eigenvalue weighted by molar-refractivity contribution is 7.80. The van der Waals surface area contributed by atoms with E-state index in [0.717, 1.165) is 17.1 Å². The number of methoxy groups -OCH3 is 1. The van der Waals surface area contributed by atoms with Crippen LogP contribution in [-0.4, -0.2) is 35.2 Å². The van der Waals surface area contributed by atoms with Gasteiger partial charge in [0.05, 0.1) is 30.2 Å². The number of thiocarbonyl (C=S) groups is 1. The Morgan fingerprint density at radius 3 is 2.78 bits per heavy atom. The van der Waals surface area contributed by atoms with Crippen LogP contribution in [0.4, 0.5) is 10.1 Å². The predicted molar refractivity (Wildman–Crippen MR) is 93.3 cm³/mol. The number of nitrogens with one attached hydrogen (secondary N) is 2. The van der Waals surface area contributed by atoms with Crippen LogP contribution in [0.3, 0.4) is 0 Å². The molecule has 124 valence electrons. The summed E-state index contributed by atoms with van der Waals surface area (Å²) >= 11 is 5.25. The van der Waals surface area contributed by atoms with Crippen molar-refractivity contribution < 1.29 is 9.13 Å². The number of benzene rings is 1. The van der Waals surface area contributed by atoms with Crippen molar-refractivity contribution in [2.24, 2.45) is 0 Å². The highest BCUT2D eigenvalue weighted by Gasteiger charge is 2.14. The second-order valence-electron chi connectivity index (χ2n) is 5.17. The lowest BCUT2D eigenvalue weighted by atomic mass is 10.2. The average molecular weight is 336 g/mol. The van der Waals surface area contributed by atoms with Gasteiger partial charge >= 0.3 is 0 Å². The zero-order valence-electron chi connectivity index (χ0n) is 13.5. The van der Waals surface area contributed by atoms with Crippen molar-refractivity contribution in [3.05, 3.63) is 47.0 Å². The first-order valence-corrected chi connectivity index (χ1v) is 7.75. The van der Waals surface area contributed by atoms with E-state index >= 15 is 0 Å². The first-order valence-electron chi connectivity index (χ1n) is 7.34. The van der Waals surface area contributed by atoms with E-state index in [4.69, 9.17) is 17.0 Å². The number of ether oxygens (including phenoxy) is 1. The zero-order valence-corrected chi connectivity index (χ0v) is 14.3. The third-order valence-electron chi connectivity index (χ3n) is 3.49. The fraction of sp³-hybridized carbons (Fsp3) is 0.375. The number of aryl methyl sites for hydroxylation is 1. The van der Waals surface area contributed by atoms with Crippen LogP contribution >= 0.6 is 12.2 Å². The Hall–Kier alpha value is -1.99. The van der Waals surface area contributed by atoms with Crippen LogP contribution in [0.25, 0.3) is 0 Å². The molecule has 0 atom stereocenters. The van der Waals surface area contributed by atoms with Gasteiger partial charge in [0.2, 0.25) is 0 Å². The van der Waals surface area contributed by atoms with Gasteiger partial charge in [0.25, 0.3) is 0 Å². The third kappa shape index (κ3) is 4.49. The molecule has 0 radical (unpaired) electrons. The normalized spacial score (nSPS) is 10.6. The highest BCUT2D eigenvalue weighted by atomic mass is 32.1. The SMILES string of the molecule is COCCNC(=S)Nc1c(C)nn(Cc2ccccc2F)c1C. The first-order chi connectivity index (χ1) is 11.0. The molecule has 0 aliphatic carbocycles. The van der Waals surface area contributed by atoms with Gasteiger partial charge in [0.1, 0.15) is 5.82 Å². The van der Waals surface area contributed by atoms with Crippen LogP contribution in [0, 0.1) is 19.7 Å². The van der Waals surface area contributed by atoms with Gasteiger partial charge < -0.3 is 15.4 Å². The lowest BCUT2D eigenvalue weighted by molar-refractivity contribution is 0.204. The molecule has 0 bridgehead atoms. The van der Waals surface area contributed by atoms with Gasteiger partial charge in [-0.05, 0) is 32.1 Å². The topological polar surface area (TPSA) is 51.1 Å². The molecule has 0 saturated carbocycles. The maximum atomic E-state index is 13.8. The molecule has 1 aromatic carbocycles. The first kappa shape index (κ1) is 17.4. The van der Waals surface area contributed by atoms with Gasteiger partial charge in [0, 0.05) is 19.2 Å². The van der Waals surface area contributed by atoms with E-state index in [2.05, 4.69) is 15.7 Å². The molecule has 5 nitrogen and oxygen atoms in total. The van der Waals surface area contributed by atoms with Gasteiger partial charge in [-0.15, -0.1) is 0 Å². The number of nitrogens with zero attached hydrogens (tertiary/aromatic N) is 2. The summed E-state index contributed by atoms with van der Waals surface area (Å²) in [5.41, 5.74) is 3.16. The number of aromatic nitrogens is 2. The number of halogens is 1. The smallest absolute Gasteiger partial charge is 0.170 e. The number of hydrogen-bond donors (Lipinski definition) is 2. The van der Waals surface area contributed by atoms with E-state index in [0.29, 0.717) is 30.4 Å². The maximum absolute atomic E-state index is 13.8. The largest absolute Gasteiger partial charge is 0.383 e. The van der Waals surface area contributed by atoms with Crippen LogP contribution in [-0.2, 0) is 11.3 Å².